The fourth-order valence-corrected chi connectivity index (χ4v) is 3.14. The highest BCUT2D eigenvalue weighted by Gasteiger charge is 2.20. The Morgan fingerprint density at radius 3 is 2.63 bits per heavy atom. The van der Waals surface area contributed by atoms with Gasteiger partial charge in [-0.05, 0) is 51.2 Å². The summed E-state index contributed by atoms with van der Waals surface area (Å²) >= 11 is 0. The summed E-state index contributed by atoms with van der Waals surface area (Å²) in [5.74, 6) is 0.619. The Bertz CT molecular complexity index is 244. The molecule has 4 nitrogen and oxygen atoms in total. The smallest absolute Gasteiger partial charge is 0.0702 e. The van der Waals surface area contributed by atoms with E-state index in [1.165, 1.54) is 51.9 Å². The Hall–Kier alpha value is -0.160. The maximum absolute atomic E-state index is 5.86. The normalized spacial score (nSPS) is 29.1. The summed E-state index contributed by atoms with van der Waals surface area (Å²) in [6.07, 6.45) is 5.62. The lowest BCUT2D eigenvalue weighted by Crippen LogP contribution is -2.39. The van der Waals surface area contributed by atoms with Gasteiger partial charge in [-0.2, -0.15) is 0 Å². The van der Waals surface area contributed by atoms with Crippen LogP contribution in [0, 0.1) is 5.92 Å². The standard InChI is InChI=1S/C15H31N3O/c1-14(11-16)12-17-6-4-7-18(9-8-17)13-15-5-2-3-10-19-15/h14-15H,2-13,16H2,1H3. The van der Waals surface area contributed by atoms with Gasteiger partial charge in [0.25, 0.3) is 0 Å². The fraction of sp³-hybridized carbons (Fsp3) is 1.00. The molecule has 2 saturated heterocycles. The van der Waals surface area contributed by atoms with E-state index in [0.29, 0.717) is 12.0 Å². The molecule has 112 valence electrons. The van der Waals surface area contributed by atoms with Gasteiger partial charge >= 0.3 is 0 Å². The lowest BCUT2D eigenvalue weighted by molar-refractivity contribution is -0.00501. The predicted octanol–water partition coefficient (Wildman–Crippen LogP) is 1.16. The Morgan fingerprint density at radius 1 is 1.11 bits per heavy atom. The van der Waals surface area contributed by atoms with Gasteiger partial charge in [-0.25, -0.2) is 0 Å². The molecule has 0 amide bonds. The van der Waals surface area contributed by atoms with Crippen molar-refractivity contribution in [1.82, 2.24) is 9.80 Å². The first kappa shape index (κ1) is 15.2. The van der Waals surface area contributed by atoms with Gasteiger partial charge in [0.15, 0.2) is 0 Å². The van der Waals surface area contributed by atoms with E-state index in [1.54, 1.807) is 0 Å². The third-order valence-electron chi connectivity index (χ3n) is 4.39. The van der Waals surface area contributed by atoms with Crippen LogP contribution in [0.3, 0.4) is 0 Å². The predicted molar refractivity (Wildman–Crippen MR) is 79.3 cm³/mol. The van der Waals surface area contributed by atoms with E-state index in [-0.39, 0.29) is 0 Å². The van der Waals surface area contributed by atoms with Gasteiger partial charge in [-0.3, -0.25) is 4.90 Å². The minimum Gasteiger partial charge on any atom is -0.377 e. The lowest BCUT2D eigenvalue weighted by atomic mass is 10.1. The van der Waals surface area contributed by atoms with Gasteiger partial charge in [0.05, 0.1) is 6.10 Å². The molecular formula is C15H31N3O. The van der Waals surface area contributed by atoms with Crippen LogP contribution in [0.4, 0.5) is 0 Å². The van der Waals surface area contributed by atoms with Crippen LogP contribution in [0.15, 0.2) is 0 Å². The zero-order chi connectivity index (χ0) is 13.5. The van der Waals surface area contributed by atoms with Gasteiger partial charge in [0.2, 0.25) is 0 Å². The molecule has 2 unspecified atom stereocenters. The summed E-state index contributed by atoms with van der Waals surface area (Å²) in [6.45, 7) is 11.2. The highest BCUT2D eigenvalue weighted by Crippen LogP contribution is 2.15. The Kier molecular flexibility index (Phi) is 6.57. The van der Waals surface area contributed by atoms with E-state index in [2.05, 4.69) is 16.7 Å². The van der Waals surface area contributed by atoms with Crippen molar-refractivity contribution in [3.05, 3.63) is 0 Å². The van der Waals surface area contributed by atoms with E-state index in [0.717, 1.165) is 26.2 Å². The van der Waals surface area contributed by atoms with E-state index < -0.39 is 0 Å². The Morgan fingerprint density at radius 2 is 1.89 bits per heavy atom. The molecule has 0 radical (unpaired) electrons. The molecule has 2 aliphatic rings. The maximum Gasteiger partial charge on any atom is 0.0702 e. The lowest BCUT2D eigenvalue weighted by Gasteiger charge is -2.29. The van der Waals surface area contributed by atoms with Crippen LogP contribution in [-0.4, -0.2) is 68.3 Å². The van der Waals surface area contributed by atoms with Crippen LogP contribution < -0.4 is 5.73 Å². The largest absolute Gasteiger partial charge is 0.377 e. The molecular weight excluding hydrogens is 238 g/mol. The van der Waals surface area contributed by atoms with Crippen molar-refractivity contribution < 1.29 is 4.74 Å². The number of rotatable bonds is 5. The van der Waals surface area contributed by atoms with Gasteiger partial charge in [0, 0.05) is 32.8 Å². The Balaban J connectivity index is 1.70. The van der Waals surface area contributed by atoms with Gasteiger partial charge in [-0.1, -0.05) is 6.92 Å². The monoisotopic (exact) mass is 269 g/mol. The molecule has 0 aliphatic carbocycles. The summed E-state index contributed by atoms with van der Waals surface area (Å²) in [6, 6.07) is 0. The highest BCUT2D eigenvalue weighted by atomic mass is 16.5. The van der Waals surface area contributed by atoms with Crippen molar-refractivity contribution in [3.8, 4) is 0 Å². The van der Waals surface area contributed by atoms with Crippen LogP contribution in [0.2, 0.25) is 0 Å². The van der Waals surface area contributed by atoms with E-state index in [1.807, 2.05) is 0 Å². The minimum atomic E-state index is 0.489. The SMILES string of the molecule is CC(CN)CN1CCCN(CC2CCCCO2)CC1. The molecule has 2 rings (SSSR count). The summed E-state index contributed by atoms with van der Waals surface area (Å²) in [4.78, 5) is 5.18. The van der Waals surface area contributed by atoms with Crippen LogP contribution in [0.1, 0.15) is 32.6 Å². The Labute approximate surface area is 118 Å². The average Bonchev–Trinajstić information content (AvgIpc) is 2.65. The van der Waals surface area contributed by atoms with Crippen LogP contribution in [-0.2, 0) is 4.74 Å². The first-order valence-corrected chi connectivity index (χ1v) is 8.04. The second-order valence-corrected chi connectivity index (χ2v) is 6.28. The maximum atomic E-state index is 5.86. The van der Waals surface area contributed by atoms with Crippen LogP contribution in [0.5, 0.6) is 0 Å². The zero-order valence-corrected chi connectivity index (χ0v) is 12.5. The highest BCUT2D eigenvalue weighted by molar-refractivity contribution is 4.75. The third kappa shape index (κ3) is 5.38. The molecule has 0 saturated carbocycles. The molecule has 0 aromatic carbocycles. The number of hydrogen-bond acceptors (Lipinski definition) is 4. The number of nitrogens with zero attached hydrogens (tertiary/aromatic N) is 2. The fourth-order valence-electron chi connectivity index (χ4n) is 3.14. The quantitative estimate of drug-likeness (QED) is 0.813. The summed E-state index contributed by atoms with van der Waals surface area (Å²) in [5.41, 5.74) is 5.73. The minimum absolute atomic E-state index is 0.489. The topological polar surface area (TPSA) is 41.7 Å². The molecule has 0 spiro atoms. The van der Waals surface area contributed by atoms with Crippen molar-refractivity contribution >= 4 is 0 Å². The van der Waals surface area contributed by atoms with Crippen LogP contribution in [0.25, 0.3) is 0 Å². The third-order valence-corrected chi connectivity index (χ3v) is 4.39. The molecule has 0 aromatic heterocycles. The molecule has 2 aliphatic heterocycles. The first-order chi connectivity index (χ1) is 9.28. The van der Waals surface area contributed by atoms with Crippen molar-refractivity contribution in [3.63, 3.8) is 0 Å². The summed E-state index contributed by atoms with van der Waals surface area (Å²) in [5, 5.41) is 0. The molecule has 0 bridgehead atoms. The van der Waals surface area contributed by atoms with Crippen LogP contribution >= 0.6 is 0 Å². The second-order valence-electron chi connectivity index (χ2n) is 6.28. The number of ether oxygens (including phenoxy) is 1. The number of hydrogen-bond donors (Lipinski definition) is 1. The van der Waals surface area contributed by atoms with Gasteiger partial charge in [0.1, 0.15) is 0 Å². The van der Waals surface area contributed by atoms with Crippen molar-refractivity contribution in [2.45, 2.75) is 38.7 Å². The average molecular weight is 269 g/mol. The molecule has 19 heavy (non-hydrogen) atoms. The van der Waals surface area contributed by atoms with E-state index in [9.17, 15) is 0 Å². The molecule has 2 heterocycles. The van der Waals surface area contributed by atoms with Gasteiger partial charge in [-0.15, -0.1) is 0 Å². The van der Waals surface area contributed by atoms with E-state index in [4.69, 9.17) is 10.5 Å². The summed E-state index contributed by atoms with van der Waals surface area (Å²) in [7, 11) is 0. The van der Waals surface area contributed by atoms with Crippen molar-refractivity contribution in [1.29, 1.82) is 0 Å². The molecule has 2 atom stereocenters. The van der Waals surface area contributed by atoms with E-state index >= 15 is 0 Å². The number of nitrogens with two attached hydrogens (primary N) is 1. The summed E-state index contributed by atoms with van der Waals surface area (Å²) < 4.78 is 5.86. The first-order valence-electron chi connectivity index (χ1n) is 8.04. The molecule has 4 heteroatoms. The van der Waals surface area contributed by atoms with Crippen molar-refractivity contribution in [2.24, 2.45) is 11.7 Å². The zero-order valence-electron chi connectivity index (χ0n) is 12.5. The van der Waals surface area contributed by atoms with Crippen molar-refractivity contribution in [2.75, 3.05) is 52.4 Å². The molecule has 2 fully saturated rings. The molecule has 2 N–H and O–H groups in total. The molecule has 0 aromatic rings. The second kappa shape index (κ2) is 8.20. The van der Waals surface area contributed by atoms with Gasteiger partial charge < -0.3 is 15.4 Å².